The summed E-state index contributed by atoms with van der Waals surface area (Å²) in [6.45, 7) is 2.84. The number of likely N-dealkylation sites (N-methyl/N-ethyl adjacent to an activating group) is 1. The molecular weight excluding hydrogens is 248 g/mol. The third kappa shape index (κ3) is 3.23. The van der Waals surface area contributed by atoms with E-state index in [0.717, 1.165) is 24.5 Å². The van der Waals surface area contributed by atoms with Crippen LogP contribution in [-0.2, 0) is 11.2 Å². The molecule has 2 rings (SSSR count). The van der Waals surface area contributed by atoms with Crippen molar-refractivity contribution in [3.05, 3.63) is 34.9 Å². The molecule has 96 valence electrons. The summed E-state index contributed by atoms with van der Waals surface area (Å²) < 4.78 is 5.14. The molecule has 1 aliphatic heterocycles. The first-order chi connectivity index (χ1) is 8.63. The molecule has 1 aromatic rings. The maximum atomic E-state index is 9.13. The maximum absolute atomic E-state index is 9.13. The van der Waals surface area contributed by atoms with Crippen molar-refractivity contribution in [2.24, 2.45) is 5.41 Å². The molecule has 0 atom stereocenters. The van der Waals surface area contributed by atoms with Gasteiger partial charge < -0.3 is 9.64 Å². The predicted molar refractivity (Wildman–Crippen MR) is 71.5 cm³/mol. The molecule has 1 aromatic carbocycles. The average molecular weight is 265 g/mol. The van der Waals surface area contributed by atoms with Gasteiger partial charge in [-0.2, -0.15) is 5.26 Å². The van der Waals surface area contributed by atoms with Crippen molar-refractivity contribution in [1.29, 1.82) is 5.26 Å². The van der Waals surface area contributed by atoms with Crippen molar-refractivity contribution in [1.82, 2.24) is 4.90 Å². The number of benzene rings is 1. The predicted octanol–water partition coefficient (Wildman–Crippen LogP) is 2.35. The van der Waals surface area contributed by atoms with Gasteiger partial charge in [0.2, 0.25) is 0 Å². The van der Waals surface area contributed by atoms with E-state index in [1.54, 1.807) is 0 Å². The van der Waals surface area contributed by atoms with Crippen LogP contribution in [0.25, 0.3) is 0 Å². The standard InChI is InChI=1S/C14H17ClN2O/c1-17(9-14(8-16)10-18-11-14)7-6-12-2-4-13(15)5-3-12/h2-5H,6-7,9-11H2,1H3. The van der Waals surface area contributed by atoms with Crippen molar-refractivity contribution in [3.63, 3.8) is 0 Å². The van der Waals surface area contributed by atoms with Gasteiger partial charge in [0.15, 0.2) is 0 Å². The lowest BCUT2D eigenvalue weighted by Crippen LogP contribution is -2.49. The van der Waals surface area contributed by atoms with Crippen LogP contribution in [-0.4, -0.2) is 38.3 Å². The maximum Gasteiger partial charge on any atom is 0.116 e. The second kappa shape index (κ2) is 5.71. The zero-order chi connectivity index (χ0) is 13.0. The van der Waals surface area contributed by atoms with Gasteiger partial charge in [0.05, 0.1) is 19.3 Å². The Hall–Kier alpha value is -1.08. The molecule has 0 radical (unpaired) electrons. The molecule has 0 bridgehead atoms. The summed E-state index contributed by atoms with van der Waals surface area (Å²) in [5.41, 5.74) is 0.983. The van der Waals surface area contributed by atoms with Crippen molar-refractivity contribution >= 4 is 11.6 Å². The van der Waals surface area contributed by atoms with Crippen LogP contribution in [0.15, 0.2) is 24.3 Å². The van der Waals surface area contributed by atoms with Crippen LogP contribution >= 0.6 is 11.6 Å². The Morgan fingerprint density at radius 3 is 2.56 bits per heavy atom. The SMILES string of the molecule is CN(CCc1ccc(Cl)cc1)CC1(C#N)COC1. The lowest BCUT2D eigenvalue weighted by molar-refractivity contribution is -0.0886. The summed E-state index contributed by atoms with van der Waals surface area (Å²) in [6.07, 6.45) is 0.968. The van der Waals surface area contributed by atoms with E-state index in [-0.39, 0.29) is 5.41 Å². The van der Waals surface area contributed by atoms with Crippen LogP contribution in [0.3, 0.4) is 0 Å². The van der Waals surface area contributed by atoms with Gasteiger partial charge in [-0.05, 0) is 31.2 Å². The van der Waals surface area contributed by atoms with Gasteiger partial charge in [-0.25, -0.2) is 0 Å². The number of nitrogens with zero attached hydrogens (tertiary/aromatic N) is 2. The summed E-state index contributed by atoms with van der Waals surface area (Å²) in [5, 5.41) is 9.90. The van der Waals surface area contributed by atoms with E-state index in [1.165, 1.54) is 5.56 Å². The number of hydrogen-bond donors (Lipinski definition) is 0. The molecule has 1 fully saturated rings. The zero-order valence-corrected chi connectivity index (χ0v) is 11.3. The number of halogens is 1. The van der Waals surface area contributed by atoms with E-state index in [9.17, 15) is 0 Å². The van der Waals surface area contributed by atoms with Crippen molar-refractivity contribution in [2.45, 2.75) is 6.42 Å². The van der Waals surface area contributed by atoms with Gasteiger partial charge in [0.1, 0.15) is 5.41 Å². The minimum atomic E-state index is -0.283. The second-order valence-corrected chi connectivity index (χ2v) is 5.44. The lowest BCUT2D eigenvalue weighted by Gasteiger charge is -2.38. The molecule has 4 heteroatoms. The Morgan fingerprint density at radius 1 is 1.39 bits per heavy atom. The Bertz CT molecular complexity index is 434. The number of hydrogen-bond acceptors (Lipinski definition) is 3. The van der Waals surface area contributed by atoms with Crippen LogP contribution in [0, 0.1) is 16.7 Å². The van der Waals surface area contributed by atoms with E-state index in [2.05, 4.69) is 11.0 Å². The van der Waals surface area contributed by atoms with Gasteiger partial charge in [0.25, 0.3) is 0 Å². The van der Waals surface area contributed by atoms with Gasteiger partial charge in [0, 0.05) is 18.1 Å². The van der Waals surface area contributed by atoms with Crippen LogP contribution in [0.2, 0.25) is 5.02 Å². The quantitative estimate of drug-likeness (QED) is 0.819. The molecule has 0 amide bonds. The zero-order valence-electron chi connectivity index (χ0n) is 10.5. The highest BCUT2D eigenvalue weighted by Crippen LogP contribution is 2.27. The van der Waals surface area contributed by atoms with E-state index < -0.39 is 0 Å². The molecule has 0 aromatic heterocycles. The molecule has 0 saturated carbocycles. The van der Waals surface area contributed by atoms with Crippen molar-refractivity contribution in [2.75, 3.05) is 33.4 Å². The van der Waals surface area contributed by atoms with Gasteiger partial charge in [-0.3, -0.25) is 0 Å². The van der Waals surface area contributed by atoms with Crippen LogP contribution in [0.4, 0.5) is 0 Å². The lowest BCUT2D eigenvalue weighted by atomic mass is 9.87. The van der Waals surface area contributed by atoms with Crippen molar-refractivity contribution in [3.8, 4) is 6.07 Å². The van der Waals surface area contributed by atoms with Crippen LogP contribution in [0.5, 0.6) is 0 Å². The Balaban J connectivity index is 1.80. The summed E-state index contributed by atoms with van der Waals surface area (Å²) >= 11 is 5.85. The van der Waals surface area contributed by atoms with Crippen molar-refractivity contribution < 1.29 is 4.74 Å². The molecule has 0 unspecified atom stereocenters. The molecule has 0 spiro atoms. The minimum absolute atomic E-state index is 0.283. The topological polar surface area (TPSA) is 36.3 Å². The number of ether oxygens (including phenoxy) is 1. The fourth-order valence-corrected chi connectivity index (χ4v) is 2.23. The highest BCUT2D eigenvalue weighted by atomic mass is 35.5. The smallest absolute Gasteiger partial charge is 0.116 e. The molecule has 3 nitrogen and oxygen atoms in total. The number of rotatable bonds is 5. The summed E-state index contributed by atoms with van der Waals surface area (Å²) in [6, 6.07) is 10.3. The monoisotopic (exact) mass is 264 g/mol. The first-order valence-corrected chi connectivity index (χ1v) is 6.43. The second-order valence-electron chi connectivity index (χ2n) is 5.00. The fourth-order valence-electron chi connectivity index (χ4n) is 2.11. The van der Waals surface area contributed by atoms with E-state index >= 15 is 0 Å². The van der Waals surface area contributed by atoms with Crippen LogP contribution < -0.4 is 0 Å². The van der Waals surface area contributed by atoms with E-state index in [4.69, 9.17) is 21.6 Å². The first kappa shape index (κ1) is 13.4. The molecule has 1 aliphatic rings. The Kier molecular flexibility index (Phi) is 4.23. The van der Waals surface area contributed by atoms with E-state index in [1.807, 2.05) is 31.3 Å². The first-order valence-electron chi connectivity index (χ1n) is 6.06. The molecule has 0 aliphatic carbocycles. The summed E-state index contributed by atoms with van der Waals surface area (Å²) in [5.74, 6) is 0. The minimum Gasteiger partial charge on any atom is -0.378 e. The highest BCUT2D eigenvalue weighted by molar-refractivity contribution is 6.30. The largest absolute Gasteiger partial charge is 0.378 e. The Morgan fingerprint density at radius 2 is 2.06 bits per heavy atom. The molecular formula is C14H17ClN2O. The third-order valence-corrected chi connectivity index (χ3v) is 3.51. The molecule has 1 saturated heterocycles. The Labute approximate surface area is 113 Å². The molecule has 1 heterocycles. The van der Waals surface area contributed by atoms with Gasteiger partial charge in [-0.1, -0.05) is 23.7 Å². The van der Waals surface area contributed by atoms with E-state index in [0.29, 0.717) is 13.2 Å². The normalized spacial score (nSPS) is 17.2. The van der Waals surface area contributed by atoms with Gasteiger partial charge in [-0.15, -0.1) is 0 Å². The van der Waals surface area contributed by atoms with Gasteiger partial charge >= 0.3 is 0 Å². The number of nitriles is 1. The third-order valence-electron chi connectivity index (χ3n) is 3.26. The summed E-state index contributed by atoms with van der Waals surface area (Å²) in [4.78, 5) is 2.19. The average Bonchev–Trinajstić information content (AvgIpc) is 2.33. The van der Waals surface area contributed by atoms with Crippen LogP contribution in [0.1, 0.15) is 5.56 Å². The molecule has 18 heavy (non-hydrogen) atoms. The fraction of sp³-hybridized carbons (Fsp3) is 0.500. The highest BCUT2D eigenvalue weighted by Gasteiger charge is 2.39. The molecule has 0 N–H and O–H groups in total. The summed E-state index contributed by atoms with van der Waals surface area (Å²) in [7, 11) is 2.05.